The van der Waals surface area contributed by atoms with Crippen LogP contribution < -0.4 is 4.74 Å². The first-order chi connectivity index (χ1) is 20.1. The molecule has 41 heavy (non-hydrogen) atoms. The van der Waals surface area contributed by atoms with Crippen molar-refractivity contribution in [3.63, 3.8) is 0 Å². The zero-order chi connectivity index (χ0) is 27.9. The van der Waals surface area contributed by atoms with Crippen LogP contribution in [0, 0.1) is 5.82 Å². The van der Waals surface area contributed by atoms with Crippen molar-refractivity contribution >= 4 is 16.6 Å². The molecule has 1 N–H and O–H groups in total. The predicted molar refractivity (Wildman–Crippen MR) is 150 cm³/mol. The number of nitrogens with zero attached hydrogens (tertiary/aromatic N) is 6. The monoisotopic (exact) mass is 553 g/mol. The Kier molecular flexibility index (Phi) is 6.44. The standard InChI is InChI=1S/C30H28FN7O3/c1-39-21-12-20(14-37(16-21)17-23-24(31)4-3-5-26(23)40-2)30-36-35-29(41-30)18-6-8-25-22(13-18)28(34-33-25)19-7-9-27-32-10-11-38(27)15-19/h3-11,13,15,20-21H,12,14,16-17H2,1-2H3,(H,33,34). The number of hydrogen-bond acceptors (Lipinski definition) is 8. The van der Waals surface area contributed by atoms with Gasteiger partial charge in [-0.1, -0.05) is 6.07 Å². The summed E-state index contributed by atoms with van der Waals surface area (Å²) in [5.74, 6) is 1.13. The number of likely N-dealkylation sites (tertiary alicyclic amines) is 1. The number of hydrogen-bond donors (Lipinski definition) is 1. The summed E-state index contributed by atoms with van der Waals surface area (Å²) in [6, 6.07) is 14.8. The van der Waals surface area contributed by atoms with Crippen LogP contribution in [0.25, 0.3) is 39.3 Å². The first-order valence-corrected chi connectivity index (χ1v) is 13.4. The average molecular weight is 554 g/mol. The summed E-state index contributed by atoms with van der Waals surface area (Å²) in [4.78, 5) is 6.47. The molecule has 0 bridgehead atoms. The molecule has 4 aromatic heterocycles. The van der Waals surface area contributed by atoms with Crippen LogP contribution in [0.1, 0.15) is 23.8 Å². The smallest absolute Gasteiger partial charge is 0.247 e. The van der Waals surface area contributed by atoms with Crippen LogP contribution >= 0.6 is 0 Å². The summed E-state index contributed by atoms with van der Waals surface area (Å²) < 4.78 is 34.0. The van der Waals surface area contributed by atoms with Gasteiger partial charge in [0, 0.05) is 67.4 Å². The highest BCUT2D eigenvalue weighted by molar-refractivity contribution is 5.95. The number of piperidine rings is 1. The van der Waals surface area contributed by atoms with Gasteiger partial charge in [-0.15, -0.1) is 10.2 Å². The third kappa shape index (κ3) is 4.72. The fraction of sp³-hybridized carbons (Fsp3) is 0.267. The molecule has 2 aromatic carbocycles. The molecule has 1 saturated heterocycles. The van der Waals surface area contributed by atoms with Crippen LogP contribution in [0.4, 0.5) is 4.39 Å². The van der Waals surface area contributed by atoms with Gasteiger partial charge in [-0.3, -0.25) is 10.00 Å². The molecule has 7 rings (SSSR count). The highest BCUT2D eigenvalue weighted by Crippen LogP contribution is 2.34. The Labute approximate surface area is 234 Å². The van der Waals surface area contributed by atoms with E-state index in [0.717, 1.165) is 39.8 Å². The fourth-order valence-corrected chi connectivity index (χ4v) is 5.67. The normalized spacial score (nSPS) is 17.9. The second-order valence-corrected chi connectivity index (χ2v) is 10.3. The largest absolute Gasteiger partial charge is 0.496 e. The van der Waals surface area contributed by atoms with Crippen molar-refractivity contribution < 1.29 is 18.3 Å². The highest BCUT2D eigenvalue weighted by Gasteiger charge is 2.32. The van der Waals surface area contributed by atoms with Gasteiger partial charge in [-0.05, 0) is 48.9 Å². The van der Waals surface area contributed by atoms with Crippen molar-refractivity contribution in [1.29, 1.82) is 0 Å². The maximum Gasteiger partial charge on any atom is 0.247 e. The van der Waals surface area contributed by atoms with Gasteiger partial charge in [-0.25, -0.2) is 9.37 Å². The molecule has 0 aliphatic carbocycles. The summed E-state index contributed by atoms with van der Waals surface area (Å²) in [6.07, 6.45) is 6.36. The van der Waals surface area contributed by atoms with Crippen LogP contribution in [0.3, 0.4) is 0 Å². The SMILES string of the molecule is COc1cccc(F)c1CN1CC(OC)CC(c2nnc(-c3ccc4[nH]nc(-c5ccc6nccn6c5)c4c3)o2)C1. The summed E-state index contributed by atoms with van der Waals surface area (Å²) in [7, 11) is 3.24. The van der Waals surface area contributed by atoms with E-state index in [4.69, 9.17) is 13.9 Å². The number of aromatic amines is 1. The van der Waals surface area contributed by atoms with Gasteiger partial charge in [0.2, 0.25) is 11.8 Å². The second-order valence-electron chi connectivity index (χ2n) is 10.3. The van der Waals surface area contributed by atoms with Crippen LogP contribution in [0.15, 0.2) is 71.5 Å². The zero-order valence-electron chi connectivity index (χ0n) is 22.6. The van der Waals surface area contributed by atoms with E-state index >= 15 is 0 Å². The number of aromatic nitrogens is 6. The Bertz CT molecular complexity index is 1840. The number of rotatable bonds is 7. The van der Waals surface area contributed by atoms with Crippen LogP contribution in [-0.4, -0.2) is 68.1 Å². The molecule has 2 unspecified atom stereocenters. The lowest BCUT2D eigenvalue weighted by Gasteiger charge is -2.36. The molecule has 1 aliphatic heterocycles. The Morgan fingerprint density at radius 2 is 1.98 bits per heavy atom. The maximum absolute atomic E-state index is 14.7. The summed E-state index contributed by atoms with van der Waals surface area (Å²) in [5.41, 5.74) is 4.89. The Hall–Kier alpha value is -4.61. The van der Waals surface area contributed by atoms with Crippen molar-refractivity contribution in [2.24, 2.45) is 0 Å². The fourth-order valence-electron chi connectivity index (χ4n) is 5.67. The molecule has 11 heteroatoms. The number of H-pyrrole nitrogens is 1. The van der Waals surface area contributed by atoms with Crippen molar-refractivity contribution in [3.8, 4) is 28.5 Å². The van der Waals surface area contributed by atoms with Crippen molar-refractivity contribution in [2.45, 2.75) is 25.0 Å². The molecule has 10 nitrogen and oxygen atoms in total. The number of halogens is 1. The second kappa shape index (κ2) is 10.4. The molecular formula is C30H28FN7O3. The third-order valence-electron chi connectivity index (χ3n) is 7.76. The van der Waals surface area contributed by atoms with E-state index in [2.05, 4.69) is 30.3 Å². The van der Waals surface area contributed by atoms with Crippen molar-refractivity contribution in [2.75, 3.05) is 27.3 Å². The maximum atomic E-state index is 14.7. The number of nitrogens with one attached hydrogen (secondary N) is 1. The average Bonchev–Trinajstić information content (AvgIpc) is 3.77. The number of imidazole rings is 1. The Balaban J connectivity index is 1.16. The lowest BCUT2D eigenvalue weighted by atomic mass is 9.95. The lowest BCUT2D eigenvalue weighted by molar-refractivity contribution is 0.0148. The number of fused-ring (bicyclic) bond motifs is 2. The first-order valence-electron chi connectivity index (χ1n) is 13.4. The van der Waals surface area contributed by atoms with Gasteiger partial charge in [0.25, 0.3) is 0 Å². The Morgan fingerprint density at radius 1 is 1.07 bits per heavy atom. The molecule has 0 radical (unpaired) electrons. The lowest BCUT2D eigenvalue weighted by Crippen LogP contribution is -2.42. The summed E-state index contributed by atoms with van der Waals surface area (Å²) in [5, 5.41) is 17.4. The van der Waals surface area contributed by atoms with E-state index in [-0.39, 0.29) is 17.8 Å². The van der Waals surface area contributed by atoms with Gasteiger partial charge in [0.15, 0.2) is 0 Å². The van der Waals surface area contributed by atoms with Crippen LogP contribution in [0.2, 0.25) is 0 Å². The molecule has 5 heterocycles. The molecule has 1 fully saturated rings. The number of benzene rings is 2. The minimum atomic E-state index is -0.292. The number of pyridine rings is 1. The molecular weight excluding hydrogens is 525 g/mol. The number of ether oxygens (including phenoxy) is 2. The van der Waals surface area contributed by atoms with E-state index in [1.807, 2.05) is 47.1 Å². The molecule has 2 atom stereocenters. The Morgan fingerprint density at radius 3 is 2.85 bits per heavy atom. The zero-order valence-corrected chi connectivity index (χ0v) is 22.6. The predicted octanol–water partition coefficient (Wildman–Crippen LogP) is 5.08. The summed E-state index contributed by atoms with van der Waals surface area (Å²) >= 11 is 0. The highest BCUT2D eigenvalue weighted by atomic mass is 19.1. The molecule has 0 amide bonds. The summed E-state index contributed by atoms with van der Waals surface area (Å²) in [6.45, 7) is 1.68. The molecule has 0 saturated carbocycles. The topological polar surface area (TPSA) is 107 Å². The van der Waals surface area contributed by atoms with Crippen LogP contribution in [0.5, 0.6) is 5.75 Å². The third-order valence-corrected chi connectivity index (χ3v) is 7.76. The van der Waals surface area contributed by atoms with E-state index in [1.54, 1.807) is 32.5 Å². The first kappa shape index (κ1) is 25.4. The van der Waals surface area contributed by atoms with E-state index < -0.39 is 0 Å². The number of methoxy groups -OCH3 is 2. The van der Waals surface area contributed by atoms with Gasteiger partial charge in [0.05, 0.1) is 24.6 Å². The van der Waals surface area contributed by atoms with Crippen molar-refractivity contribution in [1.82, 2.24) is 34.7 Å². The molecule has 6 aromatic rings. The minimum Gasteiger partial charge on any atom is -0.496 e. The van der Waals surface area contributed by atoms with Gasteiger partial charge >= 0.3 is 0 Å². The quantitative estimate of drug-likeness (QED) is 0.292. The molecule has 0 spiro atoms. The van der Waals surface area contributed by atoms with E-state index in [0.29, 0.717) is 42.7 Å². The van der Waals surface area contributed by atoms with Crippen LogP contribution in [-0.2, 0) is 11.3 Å². The van der Waals surface area contributed by atoms with Gasteiger partial charge in [0.1, 0.15) is 22.9 Å². The van der Waals surface area contributed by atoms with E-state index in [1.165, 1.54) is 6.07 Å². The van der Waals surface area contributed by atoms with E-state index in [9.17, 15) is 4.39 Å². The van der Waals surface area contributed by atoms with Crippen molar-refractivity contribution in [3.05, 3.63) is 84.4 Å². The molecule has 1 aliphatic rings. The minimum absolute atomic E-state index is 0.0560. The van der Waals surface area contributed by atoms with Gasteiger partial charge in [-0.2, -0.15) is 5.10 Å². The molecule has 208 valence electrons. The van der Waals surface area contributed by atoms with Gasteiger partial charge < -0.3 is 18.3 Å².